The summed E-state index contributed by atoms with van der Waals surface area (Å²) in [6.07, 6.45) is 0.926. The first kappa shape index (κ1) is 16.2. The third-order valence-electron chi connectivity index (χ3n) is 3.73. The van der Waals surface area contributed by atoms with Gasteiger partial charge in [0.15, 0.2) is 0 Å². The molecule has 24 heavy (non-hydrogen) atoms. The van der Waals surface area contributed by atoms with Gasteiger partial charge in [-0.05, 0) is 37.6 Å². The number of para-hydroxylation sites is 1. The van der Waals surface area contributed by atoms with Crippen molar-refractivity contribution < 1.29 is 4.74 Å². The number of methoxy groups -OCH3 is 1. The van der Waals surface area contributed by atoms with Crippen molar-refractivity contribution >= 4 is 28.4 Å². The summed E-state index contributed by atoms with van der Waals surface area (Å²) in [6, 6.07) is 16.2. The average Bonchev–Trinajstić information content (AvgIpc) is 2.60. The van der Waals surface area contributed by atoms with Crippen molar-refractivity contribution in [1.29, 1.82) is 0 Å². The Bertz CT molecular complexity index is 802. The highest BCUT2D eigenvalue weighted by molar-refractivity contribution is 5.90. The molecule has 2 aromatic carbocycles. The van der Waals surface area contributed by atoms with Crippen LogP contribution in [0.5, 0.6) is 0 Å². The SMILES string of the molecule is COCCCNc1nc(Nc2ccc(C)cc2)nc2ccccc12. The van der Waals surface area contributed by atoms with Crippen LogP contribution in [0.3, 0.4) is 0 Å². The standard InChI is InChI=1S/C19H22N4O/c1-14-8-10-15(11-9-14)21-19-22-17-7-4-3-6-16(17)18(23-19)20-12-5-13-24-2/h3-4,6-11H,5,12-13H2,1-2H3,(H2,20,21,22,23). The molecule has 0 aliphatic carbocycles. The van der Waals surface area contributed by atoms with Crippen molar-refractivity contribution in [3.8, 4) is 0 Å². The summed E-state index contributed by atoms with van der Waals surface area (Å²) in [7, 11) is 1.71. The molecule has 5 nitrogen and oxygen atoms in total. The fourth-order valence-electron chi connectivity index (χ4n) is 2.46. The van der Waals surface area contributed by atoms with Gasteiger partial charge < -0.3 is 15.4 Å². The molecule has 1 aromatic heterocycles. The van der Waals surface area contributed by atoms with Crippen molar-refractivity contribution in [1.82, 2.24) is 9.97 Å². The van der Waals surface area contributed by atoms with E-state index in [-0.39, 0.29) is 0 Å². The van der Waals surface area contributed by atoms with Gasteiger partial charge in [-0.1, -0.05) is 29.8 Å². The third-order valence-corrected chi connectivity index (χ3v) is 3.73. The Hall–Kier alpha value is -2.66. The van der Waals surface area contributed by atoms with E-state index in [1.165, 1.54) is 5.56 Å². The van der Waals surface area contributed by atoms with Crippen LogP contribution in [0.4, 0.5) is 17.5 Å². The fraction of sp³-hybridized carbons (Fsp3) is 0.263. The largest absolute Gasteiger partial charge is 0.385 e. The number of fused-ring (bicyclic) bond motifs is 1. The Labute approximate surface area is 142 Å². The van der Waals surface area contributed by atoms with E-state index in [9.17, 15) is 0 Å². The molecule has 3 rings (SSSR count). The van der Waals surface area contributed by atoms with Gasteiger partial charge in [0.05, 0.1) is 5.52 Å². The molecule has 5 heteroatoms. The molecule has 2 N–H and O–H groups in total. The fourth-order valence-corrected chi connectivity index (χ4v) is 2.46. The van der Waals surface area contributed by atoms with Crippen molar-refractivity contribution in [3.63, 3.8) is 0 Å². The first-order valence-electron chi connectivity index (χ1n) is 8.09. The van der Waals surface area contributed by atoms with Crippen LogP contribution in [0.1, 0.15) is 12.0 Å². The van der Waals surface area contributed by atoms with E-state index in [2.05, 4.69) is 39.7 Å². The van der Waals surface area contributed by atoms with E-state index in [1.807, 2.05) is 36.4 Å². The molecule has 0 spiro atoms. The van der Waals surface area contributed by atoms with Crippen LogP contribution >= 0.6 is 0 Å². The lowest BCUT2D eigenvalue weighted by atomic mass is 10.2. The van der Waals surface area contributed by atoms with Gasteiger partial charge in [0, 0.05) is 31.3 Å². The highest BCUT2D eigenvalue weighted by atomic mass is 16.5. The number of nitrogens with one attached hydrogen (secondary N) is 2. The number of rotatable bonds is 7. The van der Waals surface area contributed by atoms with Gasteiger partial charge >= 0.3 is 0 Å². The van der Waals surface area contributed by atoms with Crippen molar-refractivity contribution in [2.75, 3.05) is 30.9 Å². The number of nitrogens with zero attached hydrogens (tertiary/aromatic N) is 2. The number of anilines is 3. The van der Waals surface area contributed by atoms with Crippen LogP contribution in [0, 0.1) is 6.92 Å². The lowest BCUT2D eigenvalue weighted by Gasteiger charge is -2.12. The zero-order valence-electron chi connectivity index (χ0n) is 14.0. The summed E-state index contributed by atoms with van der Waals surface area (Å²) < 4.78 is 5.09. The number of hydrogen-bond acceptors (Lipinski definition) is 5. The monoisotopic (exact) mass is 322 g/mol. The van der Waals surface area contributed by atoms with E-state index in [0.717, 1.165) is 42.0 Å². The zero-order valence-corrected chi connectivity index (χ0v) is 14.0. The van der Waals surface area contributed by atoms with Crippen LogP contribution in [0.25, 0.3) is 10.9 Å². The van der Waals surface area contributed by atoms with Crippen LogP contribution in [-0.4, -0.2) is 30.2 Å². The molecule has 1 heterocycles. The van der Waals surface area contributed by atoms with Crippen molar-refractivity contribution in [2.45, 2.75) is 13.3 Å². The molecule has 0 saturated carbocycles. The molecule has 0 saturated heterocycles. The normalized spacial score (nSPS) is 10.8. The van der Waals surface area contributed by atoms with Crippen LogP contribution in [0.15, 0.2) is 48.5 Å². The third kappa shape index (κ3) is 4.00. The van der Waals surface area contributed by atoms with E-state index >= 15 is 0 Å². The minimum absolute atomic E-state index is 0.590. The van der Waals surface area contributed by atoms with E-state index < -0.39 is 0 Å². The summed E-state index contributed by atoms with van der Waals surface area (Å²) in [4.78, 5) is 9.25. The number of hydrogen-bond donors (Lipinski definition) is 2. The molecule has 0 aliphatic rings. The van der Waals surface area contributed by atoms with Gasteiger partial charge in [-0.3, -0.25) is 0 Å². The lowest BCUT2D eigenvalue weighted by Crippen LogP contribution is -2.08. The van der Waals surface area contributed by atoms with E-state index in [1.54, 1.807) is 7.11 Å². The highest BCUT2D eigenvalue weighted by Crippen LogP contribution is 2.23. The lowest BCUT2D eigenvalue weighted by molar-refractivity contribution is 0.198. The summed E-state index contributed by atoms with van der Waals surface area (Å²) in [5.41, 5.74) is 3.11. The molecular weight excluding hydrogens is 300 g/mol. The maximum Gasteiger partial charge on any atom is 0.229 e. The van der Waals surface area contributed by atoms with Gasteiger partial charge in [-0.2, -0.15) is 4.98 Å². The maximum absolute atomic E-state index is 5.09. The number of aryl methyl sites for hydroxylation is 1. The number of ether oxygens (including phenoxy) is 1. The Kier molecular flexibility index (Phi) is 5.23. The molecule has 0 radical (unpaired) electrons. The molecule has 0 aliphatic heterocycles. The van der Waals surface area contributed by atoms with Gasteiger partial charge in [-0.15, -0.1) is 0 Å². The second-order valence-electron chi connectivity index (χ2n) is 5.68. The first-order chi connectivity index (χ1) is 11.8. The summed E-state index contributed by atoms with van der Waals surface area (Å²) >= 11 is 0. The minimum atomic E-state index is 0.590. The molecule has 124 valence electrons. The van der Waals surface area contributed by atoms with Gasteiger partial charge in [-0.25, -0.2) is 4.98 Å². The minimum Gasteiger partial charge on any atom is -0.385 e. The van der Waals surface area contributed by atoms with Crippen LogP contribution < -0.4 is 10.6 Å². The average molecular weight is 322 g/mol. The number of aromatic nitrogens is 2. The summed E-state index contributed by atoms with van der Waals surface area (Å²) in [5.74, 6) is 1.43. The maximum atomic E-state index is 5.09. The molecule has 0 bridgehead atoms. The Balaban J connectivity index is 1.86. The predicted molar refractivity (Wildman–Crippen MR) is 99.0 cm³/mol. The summed E-state index contributed by atoms with van der Waals surface area (Å²) in [5, 5.41) is 7.68. The Morgan fingerprint density at radius 1 is 1.00 bits per heavy atom. The van der Waals surface area contributed by atoms with Crippen LogP contribution in [0.2, 0.25) is 0 Å². The van der Waals surface area contributed by atoms with Gasteiger partial charge in [0.2, 0.25) is 5.95 Å². The first-order valence-corrected chi connectivity index (χ1v) is 8.09. The Morgan fingerprint density at radius 2 is 1.79 bits per heavy atom. The topological polar surface area (TPSA) is 59.1 Å². The van der Waals surface area contributed by atoms with Gasteiger partial charge in [0.25, 0.3) is 0 Å². The van der Waals surface area contributed by atoms with Crippen molar-refractivity contribution in [2.24, 2.45) is 0 Å². The van der Waals surface area contributed by atoms with E-state index in [0.29, 0.717) is 5.95 Å². The zero-order chi connectivity index (χ0) is 16.8. The van der Waals surface area contributed by atoms with E-state index in [4.69, 9.17) is 4.74 Å². The summed E-state index contributed by atoms with van der Waals surface area (Å²) in [6.45, 7) is 3.60. The Morgan fingerprint density at radius 3 is 2.58 bits per heavy atom. The van der Waals surface area contributed by atoms with Crippen LogP contribution in [-0.2, 0) is 4.74 Å². The molecular formula is C19H22N4O. The number of benzene rings is 2. The van der Waals surface area contributed by atoms with Gasteiger partial charge in [0.1, 0.15) is 5.82 Å². The predicted octanol–water partition coefficient (Wildman–Crippen LogP) is 4.13. The molecule has 0 fully saturated rings. The molecule has 0 unspecified atom stereocenters. The smallest absolute Gasteiger partial charge is 0.229 e. The van der Waals surface area contributed by atoms with Crippen molar-refractivity contribution in [3.05, 3.63) is 54.1 Å². The quantitative estimate of drug-likeness (QED) is 0.641. The second-order valence-corrected chi connectivity index (χ2v) is 5.68. The highest BCUT2D eigenvalue weighted by Gasteiger charge is 2.07. The molecule has 3 aromatic rings. The second kappa shape index (κ2) is 7.75. The molecule has 0 amide bonds. The molecule has 0 atom stereocenters.